The Morgan fingerprint density at radius 2 is 2.22 bits per heavy atom. The highest BCUT2D eigenvalue weighted by Crippen LogP contribution is 2.27. The van der Waals surface area contributed by atoms with Crippen LogP contribution in [0, 0.1) is 0 Å². The van der Waals surface area contributed by atoms with Crippen molar-refractivity contribution in [1.82, 2.24) is 4.72 Å². The van der Waals surface area contributed by atoms with Crippen LogP contribution in [0.15, 0.2) is 23.1 Å². The van der Waals surface area contributed by atoms with Crippen LogP contribution >= 0.6 is 12.4 Å². The van der Waals surface area contributed by atoms with Crippen LogP contribution in [0.1, 0.15) is 12.5 Å². The van der Waals surface area contributed by atoms with E-state index in [1.165, 1.54) is 0 Å². The van der Waals surface area contributed by atoms with Crippen molar-refractivity contribution in [2.45, 2.75) is 24.3 Å². The average Bonchev–Trinajstić information content (AvgIpc) is 2.75. The first-order chi connectivity index (χ1) is 8.03. The van der Waals surface area contributed by atoms with Crippen LogP contribution < -0.4 is 15.2 Å². The standard InChI is InChI=1S/C11H16N2O3S.ClH/c1-8(7-12)13-17(14,15)10-2-3-11-9(6-10)4-5-16-11;/h2-3,6,8,13H,4-5,7,12H2,1H3;1H/t8-;/m0./s1. The molecule has 1 aliphatic heterocycles. The van der Waals surface area contributed by atoms with Crippen molar-refractivity contribution >= 4 is 22.4 Å². The van der Waals surface area contributed by atoms with E-state index in [1.807, 2.05) is 0 Å². The predicted octanol–water partition coefficient (Wildman–Crippen LogP) is 0.669. The summed E-state index contributed by atoms with van der Waals surface area (Å²) in [5.74, 6) is 0.774. The van der Waals surface area contributed by atoms with Crippen LogP contribution in [0.3, 0.4) is 0 Å². The van der Waals surface area contributed by atoms with Crippen molar-refractivity contribution < 1.29 is 13.2 Å². The summed E-state index contributed by atoms with van der Waals surface area (Å²) in [7, 11) is -3.48. The van der Waals surface area contributed by atoms with Gasteiger partial charge in [0, 0.05) is 19.0 Å². The second-order valence-electron chi connectivity index (χ2n) is 4.13. The maximum Gasteiger partial charge on any atom is 0.240 e. The van der Waals surface area contributed by atoms with Gasteiger partial charge in [-0.05, 0) is 30.7 Å². The second kappa shape index (κ2) is 5.88. The molecule has 7 heteroatoms. The van der Waals surface area contributed by atoms with Crippen molar-refractivity contribution in [3.8, 4) is 5.75 Å². The summed E-state index contributed by atoms with van der Waals surface area (Å²) in [5.41, 5.74) is 6.34. The molecular weight excluding hydrogens is 276 g/mol. The summed E-state index contributed by atoms with van der Waals surface area (Å²) in [6, 6.07) is 4.64. The van der Waals surface area contributed by atoms with Crippen LogP contribution in [-0.4, -0.2) is 27.6 Å². The lowest BCUT2D eigenvalue weighted by atomic mass is 10.2. The smallest absolute Gasteiger partial charge is 0.240 e. The van der Waals surface area contributed by atoms with Gasteiger partial charge in [0.25, 0.3) is 0 Å². The number of sulfonamides is 1. The number of rotatable bonds is 4. The van der Waals surface area contributed by atoms with Gasteiger partial charge in [-0.3, -0.25) is 0 Å². The number of nitrogens with two attached hydrogens (primary N) is 1. The number of fused-ring (bicyclic) bond motifs is 1. The average molecular weight is 293 g/mol. The van der Waals surface area contributed by atoms with E-state index in [9.17, 15) is 8.42 Å². The van der Waals surface area contributed by atoms with Crippen molar-refractivity contribution in [1.29, 1.82) is 0 Å². The molecule has 18 heavy (non-hydrogen) atoms. The summed E-state index contributed by atoms with van der Waals surface area (Å²) >= 11 is 0. The first-order valence-electron chi connectivity index (χ1n) is 5.51. The lowest BCUT2D eigenvalue weighted by Crippen LogP contribution is -2.37. The molecule has 1 atom stereocenters. The molecule has 0 saturated carbocycles. The van der Waals surface area contributed by atoms with E-state index >= 15 is 0 Å². The first kappa shape index (κ1) is 15.2. The largest absolute Gasteiger partial charge is 0.493 e. The summed E-state index contributed by atoms with van der Waals surface area (Å²) in [6.07, 6.45) is 0.755. The predicted molar refractivity (Wildman–Crippen MR) is 71.7 cm³/mol. The van der Waals surface area contributed by atoms with Gasteiger partial charge in [0.05, 0.1) is 11.5 Å². The van der Waals surface area contributed by atoms with Crippen molar-refractivity contribution in [3.63, 3.8) is 0 Å². The molecule has 0 bridgehead atoms. The molecule has 1 aromatic carbocycles. The number of nitrogens with one attached hydrogen (secondary N) is 1. The van der Waals surface area contributed by atoms with E-state index in [4.69, 9.17) is 10.5 Å². The molecule has 0 aromatic heterocycles. The molecule has 0 radical (unpaired) electrons. The maximum atomic E-state index is 12.0. The molecule has 3 N–H and O–H groups in total. The minimum absolute atomic E-state index is 0. The zero-order chi connectivity index (χ0) is 12.5. The highest BCUT2D eigenvalue weighted by atomic mass is 35.5. The normalized spacial score (nSPS) is 15.4. The SMILES string of the molecule is C[C@@H](CN)NS(=O)(=O)c1ccc2c(c1)CCO2.Cl. The monoisotopic (exact) mass is 292 g/mol. The van der Waals surface area contributed by atoms with E-state index in [1.54, 1.807) is 25.1 Å². The molecular formula is C11H17ClN2O3S. The maximum absolute atomic E-state index is 12.0. The van der Waals surface area contributed by atoms with Crippen LogP contribution in [0.2, 0.25) is 0 Å². The van der Waals surface area contributed by atoms with Gasteiger partial charge >= 0.3 is 0 Å². The highest BCUT2D eigenvalue weighted by Gasteiger charge is 2.20. The second-order valence-corrected chi connectivity index (χ2v) is 5.84. The third-order valence-electron chi connectivity index (χ3n) is 2.68. The van der Waals surface area contributed by atoms with Crippen molar-refractivity contribution in [2.24, 2.45) is 5.73 Å². The van der Waals surface area contributed by atoms with E-state index in [0.29, 0.717) is 6.61 Å². The van der Waals surface area contributed by atoms with Gasteiger partial charge in [0.15, 0.2) is 0 Å². The number of halogens is 1. The number of benzene rings is 1. The molecule has 0 unspecified atom stereocenters. The van der Waals surface area contributed by atoms with Gasteiger partial charge in [-0.25, -0.2) is 13.1 Å². The first-order valence-corrected chi connectivity index (χ1v) is 6.99. The van der Waals surface area contributed by atoms with E-state index in [2.05, 4.69) is 4.72 Å². The number of ether oxygens (including phenoxy) is 1. The molecule has 2 rings (SSSR count). The van der Waals surface area contributed by atoms with Crippen LogP contribution in [-0.2, 0) is 16.4 Å². The fraction of sp³-hybridized carbons (Fsp3) is 0.455. The summed E-state index contributed by atoms with van der Waals surface area (Å²) in [5, 5.41) is 0. The Bertz CT molecular complexity index is 519. The Balaban J connectivity index is 0.00000162. The highest BCUT2D eigenvalue weighted by molar-refractivity contribution is 7.89. The van der Waals surface area contributed by atoms with Gasteiger partial charge in [0.1, 0.15) is 5.75 Å². The zero-order valence-corrected chi connectivity index (χ0v) is 11.7. The summed E-state index contributed by atoms with van der Waals surface area (Å²) < 4.78 is 31.8. The summed E-state index contributed by atoms with van der Waals surface area (Å²) in [6.45, 7) is 2.62. The van der Waals surface area contributed by atoms with Gasteiger partial charge < -0.3 is 10.5 Å². The molecule has 5 nitrogen and oxygen atoms in total. The summed E-state index contributed by atoms with van der Waals surface area (Å²) in [4.78, 5) is 0.266. The van der Waals surface area contributed by atoms with Gasteiger partial charge in [-0.15, -0.1) is 12.4 Å². The quantitative estimate of drug-likeness (QED) is 0.854. The molecule has 0 amide bonds. The third kappa shape index (κ3) is 3.14. The fourth-order valence-corrected chi connectivity index (χ4v) is 3.02. The number of hydrogen-bond acceptors (Lipinski definition) is 4. The molecule has 1 heterocycles. The molecule has 0 spiro atoms. The molecule has 1 aromatic rings. The van der Waals surface area contributed by atoms with Gasteiger partial charge in [-0.1, -0.05) is 0 Å². The fourth-order valence-electron chi connectivity index (χ4n) is 1.71. The van der Waals surface area contributed by atoms with E-state index < -0.39 is 10.0 Å². The molecule has 102 valence electrons. The lowest BCUT2D eigenvalue weighted by Gasteiger charge is -2.12. The van der Waals surface area contributed by atoms with Crippen LogP contribution in [0.5, 0.6) is 5.75 Å². The Labute approximate surface area is 113 Å². The van der Waals surface area contributed by atoms with Crippen LogP contribution in [0.4, 0.5) is 0 Å². The Morgan fingerprint density at radius 1 is 1.50 bits per heavy atom. The zero-order valence-electron chi connectivity index (χ0n) is 10.0. The van der Waals surface area contributed by atoms with Crippen molar-refractivity contribution in [2.75, 3.05) is 13.2 Å². The Hall–Kier alpha value is -0.820. The van der Waals surface area contributed by atoms with E-state index in [-0.39, 0.29) is 29.9 Å². The molecule has 0 saturated heterocycles. The Morgan fingerprint density at radius 3 is 2.89 bits per heavy atom. The Kier molecular flexibility index (Phi) is 4.98. The molecule has 0 aliphatic carbocycles. The van der Waals surface area contributed by atoms with E-state index in [0.717, 1.165) is 17.7 Å². The molecule has 0 fully saturated rings. The molecule has 1 aliphatic rings. The lowest BCUT2D eigenvalue weighted by molar-refractivity contribution is 0.356. The van der Waals surface area contributed by atoms with Crippen molar-refractivity contribution in [3.05, 3.63) is 23.8 Å². The number of hydrogen-bond donors (Lipinski definition) is 2. The minimum Gasteiger partial charge on any atom is -0.493 e. The topological polar surface area (TPSA) is 81.4 Å². The van der Waals surface area contributed by atoms with Gasteiger partial charge in [-0.2, -0.15) is 0 Å². The van der Waals surface area contributed by atoms with Crippen LogP contribution in [0.25, 0.3) is 0 Å². The van der Waals surface area contributed by atoms with Gasteiger partial charge in [0.2, 0.25) is 10.0 Å². The third-order valence-corrected chi connectivity index (χ3v) is 4.27. The minimum atomic E-state index is -3.48.